The van der Waals surface area contributed by atoms with Gasteiger partial charge in [-0.3, -0.25) is 14.0 Å². The van der Waals surface area contributed by atoms with E-state index >= 15 is 0 Å². The molecule has 0 saturated heterocycles. The van der Waals surface area contributed by atoms with Crippen molar-refractivity contribution in [3.63, 3.8) is 0 Å². The van der Waals surface area contributed by atoms with E-state index in [9.17, 15) is 9.59 Å². The molecule has 4 rings (SSSR count). The van der Waals surface area contributed by atoms with Crippen LogP contribution in [0.2, 0.25) is 5.02 Å². The van der Waals surface area contributed by atoms with Crippen LogP contribution in [0.5, 0.6) is 0 Å². The van der Waals surface area contributed by atoms with Crippen LogP contribution in [0.15, 0.2) is 51.5 Å². The Balaban J connectivity index is 2.01. The Morgan fingerprint density at radius 1 is 1.33 bits per heavy atom. The molecule has 1 atom stereocenters. The van der Waals surface area contributed by atoms with Crippen LogP contribution in [0.3, 0.4) is 0 Å². The highest BCUT2D eigenvalue weighted by molar-refractivity contribution is 7.07. The van der Waals surface area contributed by atoms with Gasteiger partial charge in [-0.1, -0.05) is 35.1 Å². The number of thiazole rings is 1. The van der Waals surface area contributed by atoms with Crippen LogP contribution in [0.25, 0.3) is 6.08 Å². The van der Waals surface area contributed by atoms with E-state index < -0.39 is 12.0 Å². The van der Waals surface area contributed by atoms with Crippen LogP contribution in [0.1, 0.15) is 29.8 Å². The molecular weight excluding hydrogens is 424 g/mol. The van der Waals surface area contributed by atoms with E-state index in [4.69, 9.17) is 16.3 Å². The lowest BCUT2D eigenvalue weighted by atomic mass is 9.96. The van der Waals surface area contributed by atoms with Crippen LogP contribution in [-0.2, 0) is 16.6 Å². The fourth-order valence-corrected chi connectivity index (χ4v) is 4.76. The third kappa shape index (κ3) is 3.32. The molecule has 0 N–H and O–H groups in total. The van der Waals surface area contributed by atoms with Gasteiger partial charge in [-0.25, -0.2) is 9.79 Å². The number of benzene rings is 1. The Labute approximate surface area is 181 Å². The van der Waals surface area contributed by atoms with Gasteiger partial charge < -0.3 is 4.74 Å². The molecule has 1 aliphatic rings. The maximum Gasteiger partial charge on any atom is 0.338 e. The van der Waals surface area contributed by atoms with Crippen molar-refractivity contribution >= 4 is 35.0 Å². The second kappa shape index (κ2) is 7.70. The first kappa shape index (κ1) is 20.3. The zero-order chi connectivity index (χ0) is 21.6. The first-order valence-corrected chi connectivity index (χ1v) is 10.4. The van der Waals surface area contributed by atoms with Gasteiger partial charge >= 0.3 is 5.97 Å². The number of rotatable bonds is 3. The summed E-state index contributed by atoms with van der Waals surface area (Å²) in [6.45, 7) is 3.65. The van der Waals surface area contributed by atoms with E-state index in [0.29, 0.717) is 25.6 Å². The number of esters is 1. The lowest BCUT2D eigenvalue weighted by Gasteiger charge is -2.23. The Hall–Kier alpha value is -2.97. The summed E-state index contributed by atoms with van der Waals surface area (Å²) < 4.78 is 8.77. The number of ether oxygens (including phenoxy) is 1. The summed E-state index contributed by atoms with van der Waals surface area (Å²) in [5.74, 6) is -0.520. The quantitative estimate of drug-likeness (QED) is 0.582. The van der Waals surface area contributed by atoms with Gasteiger partial charge in [0.1, 0.15) is 6.04 Å². The number of aryl methyl sites for hydroxylation is 1. The van der Waals surface area contributed by atoms with E-state index in [1.807, 2.05) is 26.1 Å². The second-order valence-electron chi connectivity index (χ2n) is 6.94. The minimum atomic E-state index is -0.663. The highest BCUT2D eigenvalue weighted by Gasteiger charge is 2.34. The number of fused-ring (bicyclic) bond motifs is 1. The normalized spacial score (nSPS) is 16.4. The molecule has 30 heavy (non-hydrogen) atoms. The smallest absolute Gasteiger partial charge is 0.338 e. The molecule has 3 aromatic rings. The summed E-state index contributed by atoms with van der Waals surface area (Å²) in [4.78, 5) is 31.1. The molecule has 0 aliphatic carbocycles. The standard InChI is InChI=1S/C21H19ClN4O3S/c1-11-17(20(28)29-4)18(15-10-23-25(3)12(15)2)26-19(27)16(30-21(26)24-11)9-13-6-5-7-14(22)8-13/h5-10,18H,1-4H3/b16-9+. The molecule has 1 aromatic carbocycles. The Morgan fingerprint density at radius 2 is 2.10 bits per heavy atom. The average Bonchev–Trinajstić information content (AvgIpc) is 3.19. The van der Waals surface area contributed by atoms with Crippen LogP contribution in [0, 0.1) is 6.92 Å². The Bertz CT molecular complexity index is 1380. The zero-order valence-corrected chi connectivity index (χ0v) is 18.4. The summed E-state index contributed by atoms with van der Waals surface area (Å²) in [6.07, 6.45) is 3.45. The minimum absolute atomic E-state index is 0.235. The fraction of sp³-hybridized carbons (Fsp3) is 0.238. The first-order valence-electron chi connectivity index (χ1n) is 9.16. The highest BCUT2D eigenvalue weighted by atomic mass is 35.5. The van der Waals surface area contributed by atoms with Crippen LogP contribution in [-0.4, -0.2) is 27.4 Å². The molecule has 0 amide bonds. The van der Waals surface area contributed by atoms with Crippen LogP contribution < -0.4 is 14.9 Å². The molecule has 1 aliphatic heterocycles. The van der Waals surface area contributed by atoms with Crippen molar-refractivity contribution in [1.29, 1.82) is 0 Å². The van der Waals surface area contributed by atoms with Crippen molar-refractivity contribution in [3.8, 4) is 0 Å². The molecule has 0 bridgehead atoms. The molecule has 0 saturated carbocycles. The van der Waals surface area contributed by atoms with Gasteiger partial charge in [0.15, 0.2) is 4.80 Å². The fourth-order valence-electron chi connectivity index (χ4n) is 3.52. The number of hydrogen-bond donors (Lipinski definition) is 0. The molecule has 0 spiro atoms. The van der Waals surface area contributed by atoms with Crippen molar-refractivity contribution in [3.05, 3.63) is 83.3 Å². The second-order valence-corrected chi connectivity index (χ2v) is 8.38. The maximum atomic E-state index is 13.4. The van der Waals surface area contributed by atoms with E-state index in [-0.39, 0.29) is 5.56 Å². The van der Waals surface area contributed by atoms with E-state index in [1.165, 1.54) is 18.4 Å². The number of hydrogen-bond acceptors (Lipinski definition) is 6. The van der Waals surface area contributed by atoms with Gasteiger partial charge in [0.2, 0.25) is 0 Å². The van der Waals surface area contributed by atoms with Crippen molar-refractivity contribution in [1.82, 2.24) is 14.3 Å². The Morgan fingerprint density at radius 3 is 2.73 bits per heavy atom. The van der Waals surface area contributed by atoms with Gasteiger partial charge in [-0.15, -0.1) is 0 Å². The number of aromatic nitrogens is 3. The van der Waals surface area contributed by atoms with Crippen LogP contribution >= 0.6 is 22.9 Å². The molecule has 1 unspecified atom stereocenters. The number of halogens is 1. The lowest BCUT2D eigenvalue weighted by molar-refractivity contribution is -0.136. The third-order valence-corrected chi connectivity index (χ3v) is 6.36. The summed E-state index contributed by atoms with van der Waals surface area (Å²) >= 11 is 7.35. The number of carbonyl (C=O) groups excluding carboxylic acids is 1. The zero-order valence-electron chi connectivity index (χ0n) is 16.8. The van der Waals surface area contributed by atoms with Gasteiger partial charge in [0, 0.05) is 23.3 Å². The molecule has 0 radical (unpaired) electrons. The third-order valence-electron chi connectivity index (χ3n) is 5.14. The molecular formula is C21H19ClN4O3S. The van der Waals surface area contributed by atoms with Gasteiger partial charge in [0.05, 0.1) is 29.1 Å². The van der Waals surface area contributed by atoms with Crippen LogP contribution in [0.4, 0.5) is 0 Å². The van der Waals surface area contributed by atoms with Gasteiger partial charge in [-0.2, -0.15) is 5.10 Å². The predicted molar refractivity (Wildman–Crippen MR) is 115 cm³/mol. The molecule has 7 nitrogen and oxygen atoms in total. The SMILES string of the molecule is COC(=O)C1=C(C)N=c2s/c(=C/c3cccc(Cl)c3)c(=O)n2C1c1cnn(C)c1C. The number of allylic oxidation sites excluding steroid dienone is 1. The summed E-state index contributed by atoms with van der Waals surface area (Å²) in [6, 6.07) is 6.60. The van der Waals surface area contributed by atoms with Crippen molar-refractivity contribution in [2.45, 2.75) is 19.9 Å². The average molecular weight is 443 g/mol. The van der Waals surface area contributed by atoms with Crippen molar-refractivity contribution in [2.75, 3.05) is 7.11 Å². The summed E-state index contributed by atoms with van der Waals surface area (Å²) in [7, 11) is 3.14. The molecule has 9 heteroatoms. The summed E-state index contributed by atoms with van der Waals surface area (Å²) in [5.41, 5.74) is 3.02. The van der Waals surface area contributed by atoms with Gasteiger partial charge in [0.25, 0.3) is 5.56 Å². The van der Waals surface area contributed by atoms with Crippen molar-refractivity contribution in [2.24, 2.45) is 12.0 Å². The molecule has 0 fully saturated rings. The summed E-state index contributed by atoms with van der Waals surface area (Å²) in [5, 5.41) is 4.89. The topological polar surface area (TPSA) is 78.5 Å². The number of methoxy groups -OCH3 is 1. The van der Waals surface area contributed by atoms with Gasteiger partial charge in [-0.05, 0) is 37.6 Å². The first-order chi connectivity index (χ1) is 14.3. The number of nitrogens with zero attached hydrogens (tertiary/aromatic N) is 4. The van der Waals surface area contributed by atoms with E-state index in [1.54, 1.807) is 40.6 Å². The largest absolute Gasteiger partial charge is 0.466 e. The molecule has 154 valence electrons. The Kier molecular flexibility index (Phi) is 5.21. The van der Waals surface area contributed by atoms with E-state index in [0.717, 1.165) is 16.8 Å². The number of carbonyl (C=O) groups is 1. The monoisotopic (exact) mass is 442 g/mol. The highest BCUT2D eigenvalue weighted by Crippen LogP contribution is 2.32. The molecule has 2 aromatic heterocycles. The van der Waals surface area contributed by atoms with E-state index in [2.05, 4.69) is 10.1 Å². The minimum Gasteiger partial charge on any atom is -0.466 e. The predicted octanol–water partition coefficient (Wildman–Crippen LogP) is 2.10. The van der Waals surface area contributed by atoms with Crippen molar-refractivity contribution < 1.29 is 9.53 Å². The maximum absolute atomic E-state index is 13.4. The molecule has 3 heterocycles. The lowest BCUT2D eigenvalue weighted by Crippen LogP contribution is -2.40.